The number of halogens is 4. The highest BCUT2D eigenvalue weighted by molar-refractivity contribution is 9.10. The van der Waals surface area contributed by atoms with E-state index in [1.54, 1.807) is 0 Å². The van der Waals surface area contributed by atoms with Crippen LogP contribution in [0.3, 0.4) is 0 Å². The van der Waals surface area contributed by atoms with Crippen LogP contribution in [0.15, 0.2) is 29.0 Å². The van der Waals surface area contributed by atoms with E-state index >= 15 is 0 Å². The highest BCUT2D eigenvalue weighted by Crippen LogP contribution is 2.36. The van der Waals surface area contributed by atoms with Gasteiger partial charge in [0.1, 0.15) is 12.9 Å². The van der Waals surface area contributed by atoms with Crippen LogP contribution in [0.2, 0.25) is 0 Å². The van der Waals surface area contributed by atoms with Crippen molar-refractivity contribution in [3.63, 3.8) is 0 Å². The number of benzene rings is 1. The third-order valence-corrected chi connectivity index (χ3v) is 3.11. The van der Waals surface area contributed by atoms with E-state index in [1.165, 1.54) is 23.1 Å². The summed E-state index contributed by atoms with van der Waals surface area (Å²) in [5, 5.41) is 6.05. The van der Waals surface area contributed by atoms with Gasteiger partial charge in [-0.3, -0.25) is 4.79 Å². The molecule has 1 aromatic heterocycles. The number of rotatable bonds is 3. The smallest absolute Gasteiger partial charge is 0.367 e. The Morgan fingerprint density at radius 3 is 2.71 bits per heavy atom. The Kier molecular flexibility index (Phi) is 4.16. The molecule has 0 radical (unpaired) electrons. The fraction of sp³-hybridized carbons (Fsp3) is 0.182. The lowest BCUT2D eigenvalue weighted by molar-refractivity contribution is -0.138. The minimum atomic E-state index is -4.51. The number of nitrogens with zero attached hydrogens (tertiary/aromatic N) is 3. The summed E-state index contributed by atoms with van der Waals surface area (Å²) in [5.74, 6) is -0.541. The Hall–Kier alpha value is -2.10. The Morgan fingerprint density at radius 1 is 1.43 bits per heavy atom. The molecule has 2 rings (SSSR count). The van der Waals surface area contributed by atoms with Crippen LogP contribution in [-0.2, 0) is 17.5 Å². The SMILES string of the molecule is Nc1ncn(CC(=O)Nc2ccc(Br)c(C(F)(F)F)c2)n1. The summed E-state index contributed by atoms with van der Waals surface area (Å²) < 4.78 is 39.3. The van der Waals surface area contributed by atoms with Gasteiger partial charge in [0.15, 0.2) is 0 Å². The van der Waals surface area contributed by atoms with Crippen molar-refractivity contribution >= 4 is 33.5 Å². The number of amides is 1. The minimum Gasteiger partial charge on any atom is -0.367 e. The van der Waals surface area contributed by atoms with Gasteiger partial charge in [0, 0.05) is 10.2 Å². The van der Waals surface area contributed by atoms with Gasteiger partial charge in [0.2, 0.25) is 11.9 Å². The fourth-order valence-electron chi connectivity index (χ4n) is 1.55. The van der Waals surface area contributed by atoms with Crippen LogP contribution < -0.4 is 11.1 Å². The van der Waals surface area contributed by atoms with Gasteiger partial charge in [-0.15, -0.1) is 5.10 Å². The van der Waals surface area contributed by atoms with Gasteiger partial charge in [-0.1, -0.05) is 15.9 Å². The molecule has 1 amide bonds. The van der Waals surface area contributed by atoms with Crippen LogP contribution >= 0.6 is 15.9 Å². The quantitative estimate of drug-likeness (QED) is 0.875. The van der Waals surface area contributed by atoms with Crippen molar-refractivity contribution in [3.8, 4) is 0 Å². The Labute approximate surface area is 125 Å². The van der Waals surface area contributed by atoms with E-state index in [0.717, 1.165) is 6.07 Å². The van der Waals surface area contributed by atoms with E-state index in [-0.39, 0.29) is 22.7 Å². The van der Waals surface area contributed by atoms with Crippen LogP contribution in [-0.4, -0.2) is 20.7 Å². The van der Waals surface area contributed by atoms with E-state index in [4.69, 9.17) is 5.73 Å². The number of nitrogens with two attached hydrogens (primary N) is 1. The molecular formula is C11H9BrF3N5O. The molecule has 10 heteroatoms. The molecule has 0 bridgehead atoms. The van der Waals surface area contributed by atoms with Gasteiger partial charge >= 0.3 is 6.18 Å². The predicted octanol–water partition coefficient (Wildman–Crippen LogP) is 2.28. The third-order valence-electron chi connectivity index (χ3n) is 2.42. The molecule has 0 aliphatic heterocycles. The molecule has 0 saturated heterocycles. The minimum absolute atomic E-state index is 0.00537. The first-order valence-electron chi connectivity index (χ1n) is 5.57. The highest BCUT2D eigenvalue weighted by atomic mass is 79.9. The monoisotopic (exact) mass is 363 g/mol. The van der Waals surface area contributed by atoms with Crippen molar-refractivity contribution in [1.82, 2.24) is 14.8 Å². The Balaban J connectivity index is 2.11. The average Bonchev–Trinajstić information content (AvgIpc) is 2.75. The van der Waals surface area contributed by atoms with Gasteiger partial charge in [-0.25, -0.2) is 9.67 Å². The second kappa shape index (κ2) is 5.72. The van der Waals surface area contributed by atoms with Crippen LogP contribution in [0.5, 0.6) is 0 Å². The maximum absolute atomic E-state index is 12.7. The molecule has 1 heterocycles. The van der Waals surface area contributed by atoms with Crippen molar-refractivity contribution in [2.75, 3.05) is 11.1 Å². The second-order valence-electron chi connectivity index (χ2n) is 4.04. The molecule has 0 saturated carbocycles. The fourth-order valence-corrected chi connectivity index (χ4v) is 2.02. The van der Waals surface area contributed by atoms with Crippen molar-refractivity contribution in [1.29, 1.82) is 0 Å². The maximum atomic E-state index is 12.7. The summed E-state index contributed by atoms with van der Waals surface area (Å²) in [6, 6.07) is 3.41. The summed E-state index contributed by atoms with van der Waals surface area (Å²) in [6.07, 6.45) is -3.27. The number of carbonyl (C=O) groups is 1. The van der Waals surface area contributed by atoms with Gasteiger partial charge in [-0.05, 0) is 18.2 Å². The normalized spacial score (nSPS) is 11.4. The Morgan fingerprint density at radius 2 is 2.14 bits per heavy atom. The molecule has 112 valence electrons. The van der Waals surface area contributed by atoms with E-state index in [2.05, 4.69) is 31.3 Å². The molecule has 0 atom stereocenters. The Bertz CT molecular complexity index is 670. The van der Waals surface area contributed by atoms with Crippen molar-refractivity contribution in [3.05, 3.63) is 34.6 Å². The number of nitrogens with one attached hydrogen (secondary N) is 1. The first-order chi connectivity index (χ1) is 9.75. The van der Waals surface area contributed by atoms with Gasteiger partial charge in [0.05, 0.1) is 5.56 Å². The first kappa shape index (κ1) is 15.3. The number of hydrogen-bond donors (Lipinski definition) is 2. The lowest BCUT2D eigenvalue weighted by Gasteiger charge is -2.12. The molecule has 0 unspecified atom stereocenters. The molecule has 0 aliphatic carbocycles. The topological polar surface area (TPSA) is 85.8 Å². The zero-order chi connectivity index (χ0) is 15.6. The third kappa shape index (κ3) is 3.94. The molecule has 0 fully saturated rings. The summed E-state index contributed by atoms with van der Waals surface area (Å²) in [6.45, 7) is -0.207. The molecule has 0 spiro atoms. The number of alkyl halides is 3. The molecule has 6 nitrogen and oxygen atoms in total. The standard InChI is InChI=1S/C11H9BrF3N5O/c12-8-2-1-6(3-7(8)11(13,14)15)18-9(21)4-20-5-17-10(16)19-20/h1-3,5H,4H2,(H2,16,19)(H,18,21). The number of aromatic nitrogens is 3. The van der Waals surface area contributed by atoms with Gasteiger partial charge < -0.3 is 11.1 Å². The number of anilines is 2. The zero-order valence-electron chi connectivity index (χ0n) is 10.4. The summed E-state index contributed by atoms with van der Waals surface area (Å²) in [7, 11) is 0. The first-order valence-corrected chi connectivity index (χ1v) is 6.36. The van der Waals surface area contributed by atoms with Crippen molar-refractivity contribution in [2.45, 2.75) is 12.7 Å². The predicted molar refractivity (Wildman–Crippen MR) is 72.2 cm³/mol. The largest absolute Gasteiger partial charge is 0.417 e. The second-order valence-corrected chi connectivity index (χ2v) is 4.90. The summed E-state index contributed by atoms with van der Waals surface area (Å²) in [4.78, 5) is 15.3. The molecule has 0 aliphatic rings. The van der Waals surface area contributed by atoms with Crippen LogP contribution in [0.4, 0.5) is 24.8 Å². The van der Waals surface area contributed by atoms with Crippen LogP contribution in [0.25, 0.3) is 0 Å². The average molecular weight is 364 g/mol. The lowest BCUT2D eigenvalue weighted by Crippen LogP contribution is -2.19. The summed E-state index contributed by atoms with van der Waals surface area (Å²) in [5.41, 5.74) is 4.45. The van der Waals surface area contributed by atoms with Crippen LogP contribution in [0, 0.1) is 0 Å². The highest BCUT2D eigenvalue weighted by Gasteiger charge is 2.33. The lowest BCUT2D eigenvalue weighted by atomic mass is 10.2. The maximum Gasteiger partial charge on any atom is 0.417 e. The number of carbonyl (C=O) groups excluding carboxylic acids is 1. The van der Waals surface area contributed by atoms with E-state index in [1.807, 2.05) is 0 Å². The molecule has 1 aromatic carbocycles. The van der Waals surface area contributed by atoms with Crippen molar-refractivity contribution < 1.29 is 18.0 Å². The molecule has 2 aromatic rings. The zero-order valence-corrected chi connectivity index (χ0v) is 11.9. The van der Waals surface area contributed by atoms with E-state index in [9.17, 15) is 18.0 Å². The number of hydrogen-bond acceptors (Lipinski definition) is 4. The van der Waals surface area contributed by atoms with E-state index < -0.39 is 17.6 Å². The van der Waals surface area contributed by atoms with Gasteiger partial charge in [0.25, 0.3) is 0 Å². The van der Waals surface area contributed by atoms with Crippen molar-refractivity contribution in [2.24, 2.45) is 0 Å². The number of nitrogen functional groups attached to an aromatic ring is 1. The van der Waals surface area contributed by atoms with Crippen LogP contribution in [0.1, 0.15) is 5.56 Å². The molecule has 21 heavy (non-hydrogen) atoms. The molecular weight excluding hydrogens is 355 g/mol. The summed E-state index contributed by atoms with van der Waals surface area (Å²) >= 11 is 2.82. The van der Waals surface area contributed by atoms with E-state index in [0.29, 0.717) is 0 Å². The molecule has 3 N–H and O–H groups in total. The van der Waals surface area contributed by atoms with Gasteiger partial charge in [-0.2, -0.15) is 13.2 Å².